The number of rotatable bonds is 6. The first kappa shape index (κ1) is 27.0. The normalized spacial score (nSPS) is 19.1. The van der Waals surface area contributed by atoms with Gasteiger partial charge in [0.15, 0.2) is 5.49 Å². The van der Waals surface area contributed by atoms with Gasteiger partial charge in [-0.3, -0.25) is 14.2 Å². The molecule has 0 saturated carbocycles. The van der Waals surface area contributed by atoms with E-state index < -0.39 is 29.9 Å². The maximum atomic E-state index is 13.4. The average molecular weight is 498 g/mol. The number of aliphatic hydroxyl groups excluding tert-OH is 1. The van der Waals surface area contributed by atoms with Crippen molar-refractivity contribution in [1.82, 2.24) is 9.36 Å². The van der Waals surface area contributed by atoms with Crippen molar-refractivity contribution in [3.05, 3.63) is 46.6 Å². The van der Waals surface area contributed by atoms with Gasteiger partial charge in [-0.15, -0.1) is 0 Å². The molecule has 1 amide bonds. The number of amides is 1. The molecule has 2 aromatic rings. The third kappa shape index (κ3) is 6.35. The Labute approximate surface area is 203 Å². The molecule has 10 heteroatoms. The summed E-state index contributed by atoms with van der Waals surface area (Å²) in [5.74, 6) is -0.936. The smallest absolute Gasteiger partial charge is 0.416 e. The van der Waals surface area contributed by atoms with E-state index in [1.807, 2.05) is 37.2 Å². The van der Waals surface area contributed by atoms with Crippen LogP contribution in [0.2, 0.25) is 0 Å². The van der Waals surface area contributed by atoms with E-state index in [0.29, 0.717) is 18.6 Å². The lowest BCUT2D eigenvalue weighted by Gasteiger charge is -2.21. The third-order valence-corrected chi connectivity index (χ3v) is 6.16. The maximum absolute atomic E-state index is 13.4. The molecule has 1 N–H and O–H groups in total. The molecule has 0 radical (unpaired) electrons. The van der Waals surface area contributed by atoms with E-state index in [-0.39, 0.29) is 22.8 Å². The minimum Gasteiger partial charge on any atom is -0.487 e. The highest BCUT2D eigenvalue weighted by molar-refractivity contribution is 5.97. The Hall–Kier alpha value is -2.59. The molecular formula is C25H34F3N3O4. The van der Waals surface area contributed by atoms with Gasteiger partial charge in [0.2, 0.25) is 0 Å². The molecular weight excluding hydrogens is 463 g/mol. The average Bonchev–Trinajstić information content (AvgIpc) is 3.36. The Morgan fingerprint density at radius 1 is 1.26 bits per heavy atom. The van der Waals surface area contributed by atoms with Crippen molar-refractivity contribution in [1.29, 1.82) is 0 Å². The Balaban J connectivity index is 2.12. The molecule has 0 spiro atoms. The molecule has 1 aromatic carbocycles. The first-order valence-electron chi connectivity index (χ1n) is 11.7. The number of hydrogen-bond acceptors (Lipinski definition) is 4. The quantitative estimate of drug-likeness (QED) is 0.649. The van der Waals surface area contributed by atoms with Crippen molar-refractivity contribution in [3.63, 3.8) is 0 Å². The zero-order valence-electron chi connectivity index (χ0n) is 21.0. The zero-order chi connectivity index (χ0) is 26.1. The molecule has 7 nitrogen and oxygen atoms in total. The summed E-state index contributed by atoms with van der Waals surface area (Å²) >= 11 is 0. The molecule has 3 atom stereocenters. The van der Waals surface area contributed by atoms with E-state index >= 15 is 0 Å². The van der Waals surface area contributed by atoms with Gasteiger partial charge in [-0.05, 0) is 44.9 Å². The van der Waals surface area contributed by atoms with Gasteiger partial charge in [-0.2, -0.15) is 18.2 Å². The van der Waals surface area contributed by atoms with Crippen molar-refractivity contribution in [2.45, 2.75) is 83.9 Å². The summed E-state index contributed by atoms with van der Waals surface area (Å²) in [5, 5.41) is 9.78. The lowest BCUT2D eigenvalue weighted by Crippen LogP contribution is -2.30. The van der Waals surface area contributed by atoms with Crippen molar-refractivity contribution in [2.24, 2.45) is 12.0 Å². The fraction of sp³-hybridized carbons (Fsp3) is 0.600. The Morgan fingerprint density at radius 3 is 2.49 bits per heavy atom. The lowest BCUT2D eigenvalue weighted by molar-refractivity contribution is -0.137. The predicted molar refractivity (Wildman–Crippen MR) is 124 cm³/mol. The number of benzene rings is 1. The summed E-state index contributed by atoms with van der Waals surface area (Å²) in [7, 11) is 1.86. The van der Waals surface area contributed by atoms with Gasteiger partial charge in [0.25, 0.3) is 5.91 Å². The van der Waals surface area contributed by atoms with Crippen molar-refractivity contribution in [3.8, 4) is 5.75 Å². The number of aliphatic hydroxyl groups is 1. The highest BCUT2D eigenvalue weighted by atomic mass is 19.4. The maximum Gasteiger partial charge on any atom is 0.416 e. The van der Waals surface area contributed by atoms with Crippen molar-refractivity contribution < 1.29 is 32.5 Å². The van der Waals surface area contributed by atoms with Gasteiger partial charge in [-0.25, -0.2) is 0 Å². The first-order chi connectivity index (χ1) is 16.2. The SMILES string of the molecule is C[C@@H](O)[C@@H](C)Oc1ccc(C(F)(F)F)cc1C(=O)N=c1cc(C(C)(C)C)n(C)n1C[C@H]1CCCO1. The first-order valence-corrected chi connectivity index (χ1v) is 11.7. The van der Waals surface area contributed by atoms with E-state index in [1.54, 1.807) is 13.0 Å². The van der Waals surface area contributed by atoms with Crippen LogP contribution in [0.25, 0.3) is 0 Å². The van der Waals surface area contributed by atoms with Crippen LogP contribution < -0.4 is 10.2 Å². The second-order valence-corrected chi connectivity index (χ2v) is 10.1. The van der Waals surface area contributed by atoms with Crippen molar-refractivity contribution in [2.75, 3.05) is 6.61 Å². The van der Waals surface area contributed by atoms with Crippen LogP contribution in [-0.2, 0) is 29.9 Å². The standard InChI is InChI=1S/C25H34F3N3O4/c1-15(32)16(2)35-20-10-9-17(25(26,27)28)12-19(20)23(33)29-22-13-21(24(3,4)5)30(6)31(22)14-18-8-7-11-34-18/h9-10,12-13,15-16,18,32H,7-8,11,14H2,1-6H3/t15-,16-,18-/m1/s1. The summed E-state index contributed by atoms with van der Waals surface area (Å²) in [4.78, 5) is 17.5. The van der Waals surface area contributed by atoms with Crippen LogP contribution in [0.4, 0.5) is 13.2 Å². The summed E-state index contributed by atoms with van der Waals surface area (Å²) < 4.78 is 55.4. The number of ether oxygens (including phenoxy) is 2. The van der Waals surface area contributed by atoms with E-state index in [0.717, 1.165) is 36.7 Å². The Kier molecular flexibility index (Phi) is 7.86. The van der Waals surface area contributed by atoms with Crippen LogP contribution in [-0.4, -0.2) is 45.3 Å². The minimum atomic E-state index is -4.64. The summed E-state index contributed by atoms with van der Waals surface area (Å²) in [6.07, 6.45) is -4.50. The molecule has 1 fully saturated rings. The number of hydrogen-bond donors (Lipinski definition) is 1. The molecule has 35 heavy (non-hydrogen) atoms. The monoisotopic (exact) mass is 497 g/mol. The number of nitrogens with zero attached hydrogens (tertiary/aromatic N) is 3. The second kappa shape index (κ2) is 10.2. The third-order valence-electron chi connectivity index (χ3n) is 6.16. The number of carbonyl (C=O) groups is 1. The van der Waals surface area contributed by atoms with Gasteiger partial charge in [-0.1, -0.05) is 20.8 Å². The summed E-state index contributed by atoms with van der Waals surface area (Å²) in [6, 6.07) is 4.46. The largest absolute Gasteiger partial charge is 0.487 e. The Morgan fingerprint density at radius 2 is 1.94 bits per heavy atom. The molecule has 1 aromatic heterocycles. The zero-order valence-corrected chi connectivity index (χ0v) is 21.0. The van der Waals surface area contributed by atoms with Gasteiger partial charge in [0.1, 0.15) is 11.9 Å². The second-order valence-electron chi connectivity index (χ2n) is 10.1. The van der Waals surface area contributed by atoms with Gasteiger partial charge < -0.3 is 14.6 Å². The molecule has 0 aliphatic carbocycles. The highest BCUT2D eigenvalue weighted by Crippen LogP contribution is 2.33. The van der Waals surface area contributed by atoms with Crippen LogP contribution in [0, 0.1) is 0 Å². The summed E-state index contributed by atoms with van der Waals surface area (Å²) in [6.45, 7) is 10.3. The molecule has 194 valence electrons. The fourth-order valence-electron chi connectivity index (χ4n) is 4.00. The minimum absolute atomic E-state index is 0.0372. The summed E-state index contributed by atoms with van der Waals surface area (Å²) in [5.41, 5.74) is -0.336. The van der Waals surface area contributed by atoms with Gasteiger partial charge >= 0.3 is 6.18 Å². The van der Waals surface area contributed by atoms with Crippen LogP contribution in [0.15, 0.2) is 29.3 Å². The van der Waals surface area contributed by atoms with Crippen LogP contribution >= 0.6 is 0 Å². The highest BCUT2D eigenvalue weighted by Gasteiger charge is 2.32. The van der Waals surface area contributed by atoms with E-state index in [1.165, 1.54) is 6.92 Å². The van der Waals surface area contributed by atoms with Crippen LogP contribution in [0.3, 0.4) is 0 Å². The molecule has 2 heterocycles. The van der Waals surface area contributed by atoms with Crippen molar-refractivity contribution >= 4 is 5.91 Å². The number of alkyl halides is 3. The topological polar surface area (TPSA) is 78.0 Å². The Bertz CT molecular complexity index is 1120. The van der Waals surface area contributed by atoms with Gasteiger partial charge in [0, 0.05) is 30.8 Å². The molecule has 1 aliphatic heterocycles. The van der Waals surface area contributed by atoms with Gasteiger partial charge in [0.05, 0.1) is 29.9 Å². The lowest BCUT2D eigenvalue weighted by atomic mass is 9.92. The molecule has 3 rings (SSSR count). The molecule has 0 bridgehead atoms. The van der Waals surface area contributed by atoms with Crippen LogP contribution in [0.1, 0.15) is 69.1 Å². The molecule has 1 aliphatic rings. The fourth-order valence-corrected chi connectivity index (χ4v) is 4.00. The predicted octanol–water partition coefficient (Wildman–Crippen LogP) is 4.21. The van der Waals surface area contributed by atoms with E-state index in [4.69, 9.17) is 9.47 Å². The van der Waals surface area contributed by atoms with Crippen LogP contribution in [0.5, 0.6) is 5.75 Å². The molecule has 0 unspecified atom stereocenters. The molecule has 1 saturated heterocycles. The van der Waals surface area contributed by atoms with E-state index in [9.17, 15) is 23.1 Å². The number of halogens is 3. The number of aromatic nitrogens is 2. The number of carbonyl (C=O) groups excluding carboxylic acids is 1. The van der Waals surface area contributed by atoms with E-state index in [2.05, 4.69) is 4.99 Å².